The molecule has 1 aromatic carbocycles. The molecule has 2 aliphatic rings. The van der Waals surface area contributed by atoms with Crippen LogP contribution in [0.25, 0.3) is 0 Å². The van der Waals surface area contributed by atoms with Crippen molar-refractivity contribution in [3.63, 3.8) is 0 Å². The Morgan fingerprint density at radius 2 is 1.85 bits per heavy atom. The second kappa shape index (κ2) is 8.17. The van der Waals surface area contributed by atoms with E-state index in [1.807, 2.05) is 19.0 Å². The van der Waals surface area contributed by atoms with E-state index in [9.17, 15) is 18.8 Å². The van der Waals surface area contributed by atoms with Gasteiger partial charge in [-0.05, 0) is 44.6 Å². The summed E-state index contributed by atoms with van der Waals surface area (Å²) in [5.41, 5.74) is 0.750. The van der Waals surface area contributed by atoms with Gasteiger partial charge < -0.3 is 10.2 Å². The predicted octanol–water partition coefficient (Wildman–Crippen LogP) is 1.72. The average Bonchev–Trinajstić information content (AvgIpc) is 2.87. The van der Waals surface area contributed by atoms with Crippen molar-refractivity contribution in [1.29, 1.82) is 0 Å². The number of nitrogens with one attached hydrogen (secondary N) is 1. The molecule has 0 spiro atoms. The van der Waals surface area contributed by atoms with Crippen LogP contribution in [0.4, 0.5) is 4.39 Å². The van der Waals surface area contributed by atoms with Crippen LogP contribution < -0.4 is 5.32 Å². The van der Waals surface area contributed by atoms with E-state index in [2.05, 4.69) is 5.32 Å². The number of rotatable bonds is 6. The molecule has 1 saturated heterocycles. The number of hydrogen-bond donors (Lipinski definition) is 1. The van der Waals surface area contributed by atoms with E-state index >= 15 is 0 Å². The number of hydrogen-bond acceptors (Lipinski definition) is 4. The van der Waals surface area contributed by atoms with Crippen LogP contribution in [0.2, 0.25) is 0 Å². The predicted molar refractivity (Wildman–Crippen MR) is 98.0 cm³/mol. The maximum atomic E-state index is 13.5. The number of likely N-dealkylation sites (tertiary alicyclic amines) is 1. The van der Waals surface area contributed by atoms with Gasteiger partial charge in [-0.2, -0.15) is 0 Å². The van der Waals surface area contributed by atoms with Gasteiger partial charge in [0.05, 0.1) is 17.9 Å². The van der Waals surface area contributed by atoms with Gasteiger partial charge in [-0.25, -0.2) is 4.39 Å². The van der Waals surface area contributed by atoms with Gasteiger partial charge >= 0.3 is 0 Å². The maximum Gasteiger partial charge on any atom is 0.240 e. The van der Waals surface area contributed by atoms with Crippen molar-refractivity contribution >= 4 is 17.7 Å². The van der Waals surface area contributed by atoms with Crippen LogP contribution in [0.15, 0.2) is 24.3 Å². The monoisotopic (exact) mass is 375 g/mol. The van der Waals surface area contributed by atoms with Crippen LogP contribution in [0.3, 0.4) is 0 Å². The van der Waals surface area contributed by atoms with Gasteiger partial charge in [0.25, 0.3) is 0 Å². The molecule has 3 rings (SSSR count). The van der Waals surface area contributed by atoms with Crippen LogP contribution in [-0.2, 0) is 14.4 Å². The minimum Gasteiger partial charge on any atom is -0.353 e. The standard InChI is InChI=1S/C20H26FN3O3/c1-23(2)17(13-6-5-7-14(21)10-13)11-22-18(25)12-24-19(26)15-8-3-4-9-16(15)20(24)27/h5-7,10,15-17H,3-4,8-9,11-12H2,1-2H3,(H,22,25). The molecule has 3 atom stereocenters. The Kier molecular flexibility index (Phi) is 5.89. The summed E-state index contributed by atoms with van der Waals surface area (Å²) in [6.07, 6.45) is 3.38. The Hall–Kier alpha value is -2.28. The van der Waals surface area contributed by atoms with Crippen molar-refractivity contribution in [2.45, 2.75) is 31.7 Å². The number of likely N-dealkylation sites (N-methyl/N-ethyl adjacent to an activating group) is 1. The highest BCUT2D eigenvalue weighted by atomic mass is 19.1. The van der Waals surface area contributed by atoms with Crippen LogP contribution in [0, 0.1) is 17.7 Å². The molecule has 1 N–H and O–H groups in total. The highest BCUT2D eigenvalue weighted by molar-refractivity contribution is 6.07. The molecule has 0 radical (unpaired) electrons. The summed E-state index contributed by atoms with van der Waals surface area (Å²) in [6, 6.07) is 6.04. The Morgan fingerprint density at radius 3 is 2.41 bits per heavy atom. The fourth-order valence-electron chi connectivity index (χ4n) is 4.11. The van der Waals surface area contributed by atoms with E-state index in [4.69, 9.17) is 0 Å². The smallest absolute Gasteiger partial charge is 0.240 e. The number of carbonyl (C=O) groups is 3. The fourth-order valence-corrected chi connectivity index (χ4v) is 4.11. The van der Waals surface area contributed by atoms with Gasteiger partial charge in [0, 0.05) is 6.54 Å². The van der Waals surface area contributed by atoms with Gasteiger partial charge in [-0.15, -0.1) is 0 Å². The summed E-state index contributed by atoms with van der Waals surface area (Å²) < 4.78 is 13.5. The third-order valence-corrected chi connectivity index (χ3v) is 5.58. The molecule has 3 unspecified atom stereocenters. The summed E-state index contributed by atoms with van der Waals surface area (Å²) >= 11 is 0. The average molecular weight is 375 g/mol. The molecule has 3 amide bonds. The van der Waals surface area contributed by atoms with Crippen molar-refractivity contribution in [1.82, 2.24) is 15.1 Å². The van der Waals surface area contributed by atoms with Crippen molar-refractivity contribution in [2.24, 2.45) is 11.8 Å². The lowest BCUT2D eigenvalue weighted by molar-refractivity contribution is -0.143. The molecule has 27 heavy (non-hydrogen) atoms. The van der Waals surface area contributed by atoms with Crippen molar-refractivity contribution in [2.75, 3.05) is 27.2 Å². The van der Waals surface area contributed by atoms with Crippen LogP contribution >= 0.6 is 0 Å². The van der Waals surface area contributed by atoms with E-state index in [1.165, 1.54) is 12.1 Å². The van der Waals surface area contributed by atoms with E-state index in [-0.39, 0.29) is 54.5 Å². The first-order valence-corrected chi connectivity index (χ1v) is 9.42. The van der Waals surface area contributed by atoms with E-state index in [0.29, 0.717) is 0 Å². The number of nitrogens with zero attached hydrogens (tertiary/aromatic N) is 2. The molecule has 0 aromatic heterocycles. The molecular formula is C20H26FN3O3. The van der Waals surface area contributed by atoms with Crippen LogP contribution in [-0.4, -0.2) is 54.7 Å². The lowest BCUT2D eigenvalue weighted by Gasteiger charge is -2.25. The van der Waals surface area contributed by atoms with E-state index < -0.39 is 0 Å². The number of carbonyl (C=O) groups excluding carboxylic acids is 3. The summed E-state index contributed by atoms with van der Waals surface area (Å²) in [5, 5.41) is 2.78. The zero-order valence-corrected chi connectivity index (χ0v) is 15.8. The first kappa shape index (κ1) is 19.5. The Balaban J connectivity index is 1.60. The first-order valence-electron chi connectivity index (χ1n) is 9.42. The van der Waals surface area contributed by atoms with E-state index in [1.54, 1.807) is 12.1 Å². The molecule has 1 aliphatic carbocycles. The molecular weight excluding hydrogens is 349 g/mol. The molecule has 1 aromatic rings. The Morgan fingerprint density at radius 1 is 1.22 bits per heavy atom. The number of halogens is 1. The molecule has 0 bridgehead atoms. The number of imide groups is 1. The van der Waals surface area contributed by atoms with Gasteiger partial charge in [-0.3, -0.25) is 19.3 Å². The van der Waals surface area contributed by atoms with Crippen LogP contribution in [0.5, 0.6) is 0 Å². The fraction of sp³-hybridized carbons (Fsp3) is 0.550. The zero-order chi connectivity index (χ0) is 19.6. The van der Waals surface area contributed by atoms with Gasteiger partial charge in [0.1, 0.15) is 12.4 Å². The van der Waals surface area contributed by atoms with Crippen molar-refractivity contribution < 1.29 is 18.8 Å². The molecule has 7 heteroatoms. The SMILES string of the molecule is CN(C)C(CNC(=O)CN1C(=O)C2CCCCC2C1=O)c1cccc(F)c1. The Bertz CT molecular complexity index is 713. The lowest BCUT2D eigenvalue weighted by atomic mass is 9.81. The molecule has 1 saturated carbocycles. The summed E-state index contributed by atoms with van der Waals surface area (Å²) in [5.74, 6) is -1.63. The lowest BCUT2D eigenvalue weighted by Crippen LogP contribution is -2.43. The van der Waals surface area contributed by atoms with Gasteiger partial charge in [0.2, 0.25) is 17.7 Å². The van der Waals surface area contributed by atoms with Crippen molar-refractivity contribution in [3.05, 3.63) is 35.6 Å². The Labute approximate surface area is 158 Å². The minimum atomic E-state index is -0.376. The molecule has 1 aliphatic heterocycles. The minimum absolute atomic E-state index is 0.211. The largest absolute Gasteiger partial charge is 0.353 e. The quantitative estimate of drug-likeness (QED) is 0.769. The third-order valence-electron chi connectivity index (χ3n) is 5.58. The summed E-state index contributed by atoms with van der Waals surface area (Å²) in [7, 11) is 3.69. The number of amides is 3. The van der Waals surface area contributed by atoms with Gasteiger partial charge in [0.15, 0.2) is 0 Å². The second-order valence-electron chi connectivity index (χ2n) is 7.60. The summed E-state index contributed by atoms with van der Waals surface area (Å²) in [4.78, 5) is 40.3. The van der Waals surface area contributed by atoms with Crippen molar-refractivity contribution in [3.8, 4) is 0 Å². The third kappa shape index (κ3) is 4.18. The molecule has 146 valence electrons. The molecule has 2 fully saturated rings. The second-order valence-corrected chi connectivity index (χ2v) is 7.60. The highest BCUT2D eigenvalue weighted by Gasteiger charge is 2.48. The van der Waals surface area contributed by atoms with E-state index in [0.717, 1.165) is 36.1 Å². The number of benzene rings is 1. The first-order chi connectivity index (χ1) is 12.9. The number of fused-ring (bicyclic) bond motifs is 1. The normalized spacial score (nSPS) is 23.5. The highest BCUT2D eigenvalue weighted by Crippen LogP contribution is 2.37. The van der Waals surface area contributed by atoms with Crippen LogP contribution in [0.1, 0.15) is 37.3 Å². The van der Waals surface area contributed by atoms with Gasteiger partial charge in [-0.1, -0.05) is 25.0 Å². The molecule has 6 nitrogen and oxygen atoms in total. The topological polar surface area (TPSA) is 69.7 Å². The summed E-state index contributed by atoms with van der Waals surface area (Å²) in [6.45, 7) is 0.0202. The maximum absolute atomic E-state index is 13.5. The molecule has 1 heterocycles. The zero-order valence-electron chi connectivity index (χ0n) is 15.8.